The van der Waals surface area contributed by atoms with E-state index in [0.29, 0.717) is 0 Å². The second kappa shape index (κ2) is 6.79. The Kier molecular flexibility index (Phi) is 5.67. The molecule has 0 N–H and O–H groups in total. The van der Waals surface area contributed by atoms with Crippen LogP contribution in [0.15, 0.2) is 16.6 Å². The predicted octanol–water partition coefficient (Wildman–Crippen LogP) is 4.20. The second-order valence-electron chi connectivity index (χ2n) is 3.76. The molecule has 0 bridgehead atoms. The van der Waals surface area contributed by atoms with Crippen molar-refractivity contribution in [1.82, 2.24) is 0 Å². The summed E-state index contributed by atoms with van der Waals surface area (Å²) >= 11 is 3.58. The molecule has 0 heterocycles. The number of rotatable bonds is 6. The van der Waals surface area contributed by atoms with Gasteiger partial charge in [-0.3, -0.25) is 0 Å². The van der Waals surface area contributed by atoms with Crippen LogP contribution in [-0.2, 0) is 6.42 Å². The molecule has 0 radical (unpaired) electrons. The van der Waals surface area contributed by atoms with Crippen molar-refractivity contribution in [1.29, 1.82) is 0 Å². The van der Waals surface area contributed by atoms with Gasteiger partial charge in [0.25, 0.3) is 0 Å². The van der Waals surface area contributed by atoms with Gasteiger partial charge in [0.2, 0.25) is 0 Å². The fraction of sp³-hybridized carbons (Fsp3) is 0.538. The van der Waals surface area contributed by atoms with E-state index < -0.39 is 0 Å². The predicted molar refractivity (Wildman–Crippen MR) is 70.5 cm³/mol. The molecule has 1 aromatic carbocycles. The molecule has 0 fully saturated rings. The molecular weight excluding hydrogens is 268 g/mol. The fourth-order valence-corrected chi connectivity index (χ4v) is 2.23. The normalized spacial score (nSPS) is 10.2. The Morgan fingerprint density at radius 3 is 2.44 bits per heavy atom. The highest BCUT2D eigenvalue weighted by molar-refractivity contribution is 9.10. The van der Waals surface area contributed by atoms with E-state index >= 15 is 0 Å². The summed E-state index contributed by atoms with van der Waals surface area (Å²) in [6, 6.07) is 3.97. The molecule has 0 amide bonds. The third-order valence-electron chi connectivity index (χ3n) is 2.59. The van der Waals surface area contributed by atoms with E-state index in [-0.39, 0.29) is 0 Å². The van der Waals surface area contributed by atoms with Crippen molar-refractivity contribution < 1.29 is 9.47 Å². The highest BCUT2D eigenvalue weighted by atomic mass is 79.9. The van der Waals surface area contributed by atoms with E-state index in [2.05, 4.69) is 28.9 Å². The number of hydrogen-bond donors (Lipinski definition) is 0. The van der Waals surface area contributed by atoms with Crippen LogP contribution in [-0.4, -0.2) is 14.2 Å². The lowest BCUT2D eigenvalue weighted by atomic mass is 10.1. The van der Waals surface area contributed by atoms with Gasteiger partial charge in [-0.15, -0.1) is 0 Å². The maximum Gasteiger partial charge on any atom is 0.137 e. The van der Waals surface area contributed by atoms with Gasteiger partial charge >= 0.3 is 0 Å². The van der Waals surface area contributed by atoms with E-state index in [0.717, 1.165) is 22.4 Å². The van der Waals surface area contributed by atoms with Gasteiger partial charge < -0.3 is 9.47 Å². The van der Waals surface area contributed by atoms with Gasteiger partial charge in [0.05, 0.1) is 18.7 Å². The van der Waals surface area contributed by atoms with E-state index in [1.165, 1.54) is 24.8 Å². The van der Waals surface area contributed by atoms with Crippen molar-refractivity contribution in [2.24, 2.45) is 0 Å². The highest BCUT2D eigenvalue weighted by Gasteiger charge is 2.09. The van der Waals surface area contributed by atoms with Gasteiger partial charge in [-0.1, -0.05) is 19.8 Å². The quantitative estimate of drug-likeness (QED) is 0.730. The van der Waals surface area contributed by atoms with Gasteiger partial charge in [0.1, 0.15) is 11.5 Å². The minimum absolute atomic E-state index is 0.839. The lowest BCUT2D eigenvalue weighted by Crippen LogP contribution is -1.94. The molecule has 0 aromatic heterocycles. The third-order valence-corrected chi connectivity index (χ3v) is 3.49. The second-order valence-corrected chi connectivity index (χ2v) is 4.55. The monoisotopic (exact) mass is 286 g/mol. The van der Waals surface area contributed by atoms with Gasteiger partial charge in [-0.2, -0.15) is 0 Å². The van der Waals surface area contributed by atoms with Crippen molar-refractivity contribution in [2.45, 2.75) is 32.6 Å². The van der Waals surface area contributed by atoms with E-state index in [1.807, 2.05) is 6.07 Å². The van der Waals surface area contributed by atoms with E-state index in [4.69, 9.17) is 9.47 Å². The van der Waals surface area contributed by atoms with E-state index in [1.54, 1.807) is 14.2 Å². The molecule has 0 aliphatic carbocycles. The van der Waals surface area contributed by atoms with E-state index in [9.17, 15) is 0 Å². The first-order valence-electron chi connectivity index (χ1n) is 5.63. The number of hydrogen-bond acceptors (Lipinski definition) is 2. The molecule has 0 spiro atoms. The average Bonchev–Trinajstić information content (AvgIpc) is 2.31. The van der Waals surface area contributed by atoms with Gasteiger partial charge in [0.15, 0.2) is 0 Å². The first kappa shape index (κ1) is 13.4. The summed E-state index contributed by atoms with van der Waals surface area (Å²) in [5, 5.41) is 0. The lowest BCUT2D eigenvalue weighted by Gasteiger charge is -2.11. The number of halogens is 1. The van der Waals surface area contributed by atoms with Crippen molar-refractivity contribution >= 4 is 15.9 Å². The molecule has 0 aliphatic rings. The van der Waals surface area contributed by atoms with Crippen molar-refractivity contribution in [3.8, 4) is 11.5 Å². The summed E-state index contributed by atoms with van der Waals surface area (Å²) in [4.78, 5) is 0. The topological polar surface area (TPSA) is 18.5 Å². The summed E-state index contributed by atoms with van der Waals surface area (Å²) in [6.07, 6.45) is 4.75. The Morgan fingerprint density at radius 1 is 1.12 bits per heavy atom. The van der Waals surface area contributed by atoms with Crippen LogP contribution in [0.2, 0.25) is 0 Å². The average molecular weight is 287 g/mol. The minimum atomic E-state index is 0.839. The third kappa shape index (κ3) is 3.41. The molecule has 90 valence electrons. The minimum Gasteiger partial charge on any atom is -0.497 e. The smallest absolute Gasteiger partial charge is 0.137 e. The molecule has 0 saturated heterocycles. The largest absolute Gasteiger partial charge is 0.497 e. The standard InChI is InChI=1S/C13H19BrO2/c1-4-5-6-7-10-8-11(15-2)9-12(16-3)13(10)14/h8-9H,4-7H2,1-3H3. The van der Waals surface area contributed by atoms with Gasteiger partial charge in [-0.25, -0.2) is 0 Å². The van der Waals surface area contributed by atoms with Crippen LogP contribution in [0.3, 0.4) is 0 Å². The molecule has 0 saturated carbocycles. The van der Waals surface area contributed by atoms with Crippen LogP contribution in [0.4, 0.5) is 0 Å². The van der Waals surface area contributed by atoms with Crippen LogP contribution < -0.4 is 9.47 Å². The van der Waals surface area contributed by atoms with Crippen LogP contribution in [0.5, 0.6) is 11.5 Å². The SMILES string of the molecule is CCCCCc1cc(OC)cc(OC)c1Br. The van der Waals surface area contributed by atoms with Crippen LogP contribution in [0.25, 0.3) is 0 Å². The molecule has 0 unspecified atom stereocenters. The molecular formula is C13H19BrO2. The molecule has 1 aromatic rings. The molecule has 16 heavy (non-hydrogen) atoms. The Bertz CT molecular complexity index is 337. The number of unbranched alkanes of at least 4 members (excludes halogenated alkanes) is 2. The van der Waals surface area contributed by atoms with Crippen molar-refractivity contribution in [3.63, 3.8) is 0 Å². The zero-order valence-electron chi connectivity index (χ0n) is 10.2. The Balaban J connectivity index is 2.88. The Labute approximate surface area is 106 Å². The molecule has 0 atom stereocenters. The van der Waals surface area contributed by atoms with Crippen LogP contribution in [0.1, 0.15) is 31.7 Å². The highest BCUT2D eigenvalue weighted by Crippen LogP contribution is 2.34. The maximum atomic E-state index is 5.31. The molecule has 2 nitrogen and oxygen atoms in total. The fourth-order valence-electron chi connectivity index (χ4n) is 1.64. The Morgan fingerprint density at radius 2 is 1.88 bits per heavy atom. The number of benzene rings is 1. The summed E-state index contributed by atoms with van der Waals surface area (Å²) < 4.78 is 11.6. The van der Waals surface area contributed by atoms with Crippen molar-refractivity contribution in [2.75, 3.05) is 14.2 Å². The lowest BCUT2D eigenvalue weighted by molar-refractivity contribution is 0.391. The van der Waals surface area contributed by atoms with Crippen molar-refractivity contribution in [3.05, 3.63) is 22.2 Å². The molecule has 3 heteroatoms. The first-order valence-corrected chi connectivity index (χ1v) is 6.42. The zero-order valence-corrected chi connectivity index (χ0v) is 11.8. The summed E-state index contributed by atoms with van der Waals surface area (Å²) in [7, 11) is 3.36. The summed E-state index contributed by atoms with van der Waals surface area (Å²) in [5.41, 5.74) is 1.25. The summed E-state index contributed by atoms with van der Waals surface area (Å²) in [6.45, 7) is 2.21. The van der Waals surface area contributed by atoms with Crippen LogP contribution >= 0.6 is 15.9 Å². The zero-order chi connectivity index (χ0) is 12.0. The molecule has 0 aliphatic heterocycles. The van der Waals surface area contributed by atoms with Gasteiger partial charge in [0, 0.05) is 6.07 Å². The Hall–Kier alpha value is -0.700. The number of ether oxygens (including phenoxy) is 2. The molecule has 1 rings (SSSR count). The van der Waals surface area contributed by atoms with Crippen LogP contribution in [0, 0.1) is 0 Å². The number of methoxy groups -OCH3 is 2. The van der Waals surface area contributed by atoms with Gasteiger partial charge in [-0.05, 0) is 40.4 Å². The number of aryl methyl sites for hydroxylation is 1. The summed E-state index contributed by atoms with van der Waals surface area (Å²) in [5.74, 6) is 1.69. The first-order chi connectivity index (χ1) is 7.72. The maximum absolute atomic E-state index is 5.31.